The number of fused-ring (bicyclic) bond motifs is 1. The highest BCUT2D eigenvalue weighted by Gasteiger charge is 2.12. The molecule has 10 nitrogen and oxygen atoms in total. The fourth-order valence-electron chi connectivity index (χ4n) is 3.57. The van der Waals surface area contributed by atoms with Gasteiger partial charge in [0.1, 0.15) is 11.5 Å². The van der Waals surface area contributed by atoms with Gasteiger partial charge in [-0.2, -0.15) is 9.61 Å². The van der Waals surface area contributed by atoms with Crippen molar-refractivity contribution in [3.8, 4) is 34.1 Å². The van der Waals surface area contributed by atoms with Crippen molar-refractivity contribution in [3.63, 3.8) is 0 Å². The molecule has 0 saturated heterocycles. The molecule has 2 aromatic carbocycles. The molecule has 0 fully saturated rings. The van der Waals surface area contributed by atoms with Crippen molar-refractivity contribution < 1.29 is 14.3 Å². The van der Waals surface area contributed by atoms with Gasteiger partial charge in [-0.1, -0.05) is 12.1 Å². The molecule has 3 heterocycles. The summed E-state index contributed by atoms with van der Waals surface area (Å²) in [5.41, 5.74) is 4.13. The minimum Gasteiger partial charge on any atom is -0.497 e. The Kier molecular flexibility index (Phi) is 5.91. The number of benzene rings is 2. The lowest BCUT2D eigenvalue weighted by molar-refractivity contribution is 0.262. The number of methoxy groups -OCH3 is 2. The first-order valence-corrected chi connectivity index (χ1v) is 10.7. The standard InChI is InChI=1S/C25H21N7O3/c1-34-19-6-7-21(22(15-19)35-2)28-25(33)27-18-5-3-4-17(14-18)20-8-9-23-29-30-24(32(23)31-20)16-10-12-26-13-11-16/h3-15H,1-2H3,(H2,27,28,33). The van der Waals surface area contributed by atoms with Crippen molar-refractivity contribution in [1.29, 1.82) is 0 Å². The summed E-state index contributed by atoms with van der Waals surface area (Å²) in [6.45, 7) is 0. The van der Waals surface area contributed by atoms with Crippen LogP contribution in [0.5, 0.6) is 11.5 Å². The molecule has 5 aromatic rings. The zero-order valence-corrected chi connectivity index (χ0v) is 19.0. The summed E-state index contributed by atoms with van der Waals surface area (Å²) >= 11 is 0. The van der Waals surface area contributed by atoms with Crippen molar-refractivity contribution in [2.75, 3.05) is 24.9 Å². The number of pyridine rings is 1. The lowest BCUT2D eigenvalue weighted by atomic mass is 10.1. The van der Waals surface area contributed by atoms with Gasteiger partial charge in [0.2, 0.25) is 0 Å². The Hall–Kier alpha value is -4.99. The summed E-state index contributed by atoms with van der Waals surface area (Å²) in [5, 5.41) is 18.8. The molecule has 35 heavy (non-hydrogen) atoms. The van der Waals surface area contributed by atoms with E-state index in [0.717, 1.165) is 11.1 Å². The van der Waals surface area contributed by atoms with Gasteiger partial charge in [-0.25, -0.2) is 4.79 Å². The van der Waals surface area contributed by atoms with Crippen molar-refractivity contribution >= 4 is 23.1 Å². The number of carbonyl (C=O) groups is 1. The molecular weight excluding hydrogens is 446 g/mol. The van der Waals surface area contributed by atoms with E-state index in [2.05, 4.69) is 25.8 Å². The van der Waals surface area contributed by atoms with Gasteiger partial charge in [-0.05, 0) is 48.5 Å². The molecule has 0 saturated carbocycles. The predicted octanol–water partition coefficient (Wildman–Crippen LogP) is 4.51. The average Bonchev–Trinajstić information content (AvgIpc) is 3.33. The monoisotopic (exact) mass is 467 g/mol. The second kappa shape index (κ2) is 9.48. The summed E-state index contributed by atoms with van der Waals surface area (Å²) in [7, 11) is 3.10. The number of amides is 2. The Labute approximate surface area is 200 Å². The molecule has 0 unspecified atom stereocenters. The van der Waals surface area contributed by atoms with Gasteiger partial charge in [0.25, 0.3) is 0 Å². The first-order valence-electron chi connectivity index (χ1n) is 10.7. The largest absolute Gasteiger partial charge is 0.497 e. The van der Waals surface area contributed by atoms with Gasteiger partial charge in [0, 0.05) is 35.3 Å². The van der Waals surface area contributed by atoms with Crippen LogP contribution in [-0.4, -0.2) is 45.0 Å². The van der Waals surface area contributed by atoms with E-state index in [0.29, 0.717) is 40.0 Å². The van der Waals surface area contributed by atoms with Crippen molar-refractivity contribution in [1.82, 2.24) is 24.8 Å². The second-order valence-electron chi connectivity index (χ2n) is 7.47. The molecule has 0 spiro atoms. The van der Waals surface area contributed by atoms with E-state index in [9.17, 15) is 4.79 Å². The van der Waals surface area contributed by atoms with Crippen molar-refractivity contribution in [3.05, 3.63) is 79.1 Å². The number of nitrogens with one attached hydrogen (secondary N) is 2. The van der Waals surface area contributed by atoms with E-state index in [1.54, 1.807) is 48.3 Å². The second-order valence-corrected chi connectivity index (χ2v) is 7.47. The number of nitrogens with zero attached hydrogens (tertiary/aromatic N) is 5. The zero-order chi connectivity index (χ0) is 24.2. The van der Waals surface area contributed by atoms with E-state index in [-0.39, 0.29) is 0 Å². The third kappa shape index (κ3) is 4.58. The van der Waals surface area contributed by atoms with Crippen LogP contribution in [0.1, 0.15) is 0 Å². The van der Waals surface area contributed by atoms with Crippen molar-refractivity contribution in [2.45, 2.75) is 0 Å². The van der Waals surface area contributed by atoms with E-state index in [1.807, 2.05) is 42.5 Å². The molecule has 0 radical (unpaired) electrons. The number of rotatable bonds is 6. The van der Waals surface area contributed by atoms with Gasteiger partial charge < -0.3 is 20.1 Å². The lowest BCUT2D eigenvalue weighted by Crippen LogP contribution is -2.19. The highest BCUT2D eigenvalue weighted by atomic mass is 16.5. The molecule has 5 rings (SSSR count). The molecule has 0 bridgehead atoms. The van der Waals surface area contributed by atoms with Gasteiger partial charge in [-0.3, -0.25) is 4.98 Å². The fourth-order valence-corrected chi connectivity index (χ4v) is 3.57. The number of hydrogen-bond acceptors (Lipinski definition) is 7. The van der Waals surface area contributed by atoms with Crippen LogP contribution in [0.2, 0.25) is 0 Å². The summed E-state index contributed by atoms with van der Waals surface area (Å²) in [6.07, 6.45) is 3.39. The normalized spacial score (nSPS) is 10.7. The van der Waals surface area contributed by atoms with E-state index < -0.39 is 6.03 Å². The van der Waals surface area contributed by atoms with Crippen LogP contribution in [0.4, 0.5) is 16.2 Å². The number of anilines is 2. The van der Waals surface area contributed by atoms with Crippen LogP contribution in [0.15, 0.2) is 79.1 Å². The number of aromatic nitrogens is 5. The van der Waals surface area contributed by atoms with Crippen molar-refractivity contribution in [2.24, 2.45) is 0 Å². The zero-order valence-electron chi connectivity index (χ0n) is 19.0. The predicted molar refractivity (Wildman–Crippen MR) is 132 cm³/mol. The van der Waals surface area contributed by atoms with E-state index in [1.165, 1.54) is 7.11 Å². The number of ether oxygens (including phenoxy) is 2. The lowest BCUT2D eigenvalue weighted by Gasteiger charge is -2.13. The SMILES string of the molecule is COc1ccc(NC(=O)Nc2cccc(-c3ccc4nnc(-c5ccncc5)n4n3)c2)c(OC)c1. The third-order valence-electron chi connectivity index (χ3n) is 5.27. The molecule has 0 aliphatic rings. The molecule has 174 valence electrons. The third-order valence-corrected chi connectivity index (χ3v) is 5.27. The van der Waals surface area contributed by atoms with Gasteiger partial charge in [0.05, 0.1) is 25.6 Å². The van der Waals surface area contributed by atoms with Gasteiger partial charge >= 0.3 is 6.03 Å². The first kappa shape index (κ1) is 21.8. The van der Waals surface area contributed by atoms with Crippen LogP contribution in [-0.2, 0) is 0 Å². The number of urea groups is 1. The molecule has 10 heteroatoms. The molecule has 0 aliphatic carbocycles. The number of carbonyl (C=O) groups excluding carboxylic acids is 1. The van der Waals surface area contributed by atoms with Crippen LogP contribution in [0.3, 0.4) is 0 Å². The smallest absolute Gasteiger partial charge is 0.323 e. The summed E-state index contributed by atoms with van der Waals surface area (Å²) < 4.78 is 12.2. The maximum Gasteiger partial charge on any atom is 0.323 e. The molecule has 3 aromatic heterocycles. The van der Waals surface area contributed by atoms with Crippen LogP contribution < -0.4 is 20.1 Å². The van der Waals surface area contributed by atoms with E-state index >= 15 is 0 Å². The molecule has 0 aliphatic heterocycles. The highest BCUT2D eigenvalue weighted by molar-refractivity contribution is 6.01. The summed E-state index contributed by atoms with van der Waals surface area (Å²) in [5.74, 6) is 1.74. The summed E-state index contributed by atoms with van der Waals surface area (Å²) in [4.78, 5) is 16.7. The Morgan fingerprint density at radius 3 is 2.51 bits per heavy atom. The van der Waals surface area contributed by atoms with Crippen LogP contribution >= 0.6 is 0 Å². The Balaban J connectivity index is 1.38. The van der Waals surface area contributed by atoms with Crippen LogP contribution in [0, 0.1) is 0 Å². The first-order chi connectivity index (χ1) is 17.1. The molecule has 2 amide bonds. The number of hydrogen-bond donors (Lipinski definition) is 2. The van der Waals surface area contributed by atoms with E-state index in [4.69, 9.17) is 14.6 Å². The molecular formula is C25H21N7O3. The topological polar surface area (TPSA) is 116 Å². The van der Waals surface area contributed by atoms with Gasteiger partial charge in [-0.15, -0.1) is 10.2 Å². The highest BCUT2D eigenvalue weighted by Crippen LogP contribution is 2.29. The summed E-state index contributed by atoms with van der Waals surface area (Å²) in [6, 6.07) is 19.6. The van der Waals surface area contributed by atoms with Crippen LogP contribution in [0.25, 0.3) is 28.3 Å². The quantitative estimate of drug-likeness (QED) is 0.377. The minimum absolute atomic E-state index is 0.409. The Morgan fingerprint density at radius 1 is 0.857 bits per heavy atom. The molecule has 2 N–H and O–H groups in total. The minimum atomic E-state index is -0.409. The van der Waals surface area contributed by atoms with Gasteiger partial charge in [0.15, 0.2) is 11.5 Å². The maximum atomic E-state index is 12.6. The maximum absolute atomic E-state index is 12.6. The average molecular weight is 467 g/mol. The molecule has 0 atom stereocenters. The Morgan fingerprint density at radius 2 is 1.71 bits per heavy atom. The fraction of sp³-hybridized carbons (Fsp3) is 0.0800. The Bertz CT molecular complexity index is 1500.